The van der Waals surface area contributed by atoms with Gasteiger partial charge in [-0.2, -0.15) is 0 Å². The number of rotatable bonds is 9. The summed E-state index contributed by atoms with van der Waals surface area (Å²) >= 11 is 0. The molecule has 0 saturated carbocycles. The Kier molecular flexibility index (Phi) is 8.49. The average Bonchev–Trinajstić information content (AvgIpc) is 3.54. The molecule has 3 aliphatic heterocycles. The first-order valence-electron chi connectivity index (χ1n) is 16.7. The van der Waals surface area contributed by atoms with Gasteiger partial charge in [0.1, 0.15) is 11.5 Å². The number of para-hydroxylation sites is 2. The first kappa shape index (κ1) is 33.5. The number of methoxy groups -OCH3 is 1. The molecule has 4 aromatic carbocycles. The van der Waals surface area contributed by atoms with Gasteiger partial charge in [0.25, 0.3) is 17.5 Å². The van der Waals surface area contributed by atoms with E-state index < -0.39 is 24.7 Å². The van der Waals surface area contributed by atoms with E-state index in [-0.39, 0.29) is 48.7 Å². The Labute approximate surface area is 291 Å². The maximum atomic E-state index is 15.0. The lowest BCUT2D eigenvalue weighted by molar-refractivity contribution is -0.385. The van der Waals surface area contributed by atoms with Gasteiger partial charge in [-0.1, -0.05) is 61.6 Å². The van der Waals surface area contributed by atoms with Crippen molar-refractivity contribution in [1.29, 1.82) is 0 Å². The maximum absolute atomic E-state index is 15.0. The van der Waals surface area contributed by atoms with Crippen molar-refractivity contribution in [2.75, 3.05) is 30.1 Å². The lowest BCUT2D eigenvalue weighted by Crippen LogP contribution is -2.51. The van der Waals surface area contributed by atoms with Crippen molar-refractivity contribution >= 4 is 47.8 Å². The zero-order valence-electron chi connectivity index (χ0n) is 28.4. The monoisotopic (exact) mass is 693 g/mol. The lowest BCUT2D eigenvalue weighted by Gasteiger charge is -2.37. The molecule has 1 saturated heterocycles. The highest BCUT2D eigenvalue weighted by molar-refractivity contribution is 6.91. The Hall–Kier alpha value is -5.04. The van der Waals surface area contributed by atoms with Crippen LogP contribution in [0.2, 0.25) is 18.6 Å². The van der Waals surface area contributed by atoms with Gasteiger partial charge in [0.15, 0.2) is 12.2 Å². The molecule has 2 amide bonds. The molecular weight excluding hydrogens is 655 g/mol. The van der Waals surface area contributed by atoms with Crippen LogP contribution in [0.5, 0.6) is 11.5 Å². The number of nitrogens with zero attached hydrogens (tertiary/aromatic N) is 3. The number of carbonyl (C=O) groups is 2. The molecule has 50 heavy (non-hydrogen) atoms. The van der Waals surface area contributed by atoms with Crippen LogP contribution in [0.3, 0.4) is 0 Å². The second-order valence-electron chi connectivity index (χ2n) is 13.7. The molecule has 0 aromatic heterocycles. The van der Waals surface area contributed by atoms with E-state index in [0.717, 1.165) is 16.5 Å². The number of carbonyl (C=O) groups excluding carboxylic acids is 2. The van der Waals surface area contributed by atoms with E-state index >= 15 is 4.79 Å². The third-order valence-electron chi connectivity index (χ3n) is 10.7. The molecule has 0 unspecified atom stereocenters. The summed E-state index contributed by atoms with van der Waals surface area (Å²) in [5, 5.41) is 23.4. The van der Waals surface area contributed by atoms with Gasteiger partial charge in [0.05, 0.1) is 44.1 Å². The molecule has 12 heteroatoms. The molecule has 258 valence electrons. The van der Waals surface area contributed by atoms with Gasteiger partial charge in [0, 0.05) is 35.9 Å². The summed E-state index contributed by atoms with van der Waals surface area (Å²) in [7, 11) is -0.806. The molecule has 0 radical (unpaired) electrons. The predicted octanol–water partition coefficient (Wildman–Crippen LogP) is 5.81. The molecule has 3 aliphatic rings. The van der Waals surface area contributed by atoms with Gasteiger partial charge in [-0.15, -0.1) is 0 Å². The third-order valence-corrected chi connectivity index (χ3v) is 15.0. The molecule has 4 aromatic rings. The Balaban J connectivity index is 1.29. The Bertz CT molecular complexity index is 1990. The number of aliphatic hydroxyl groups is 1. The molecule has 1 fully saturated rings. The van der Waals surface area contributed by atoms with Crippen LogP contribution < -0.4 is 24.5 Å². The third kappa shape index (κ3) is 5.26. The Morgan fingerprint density at radius 3 is 2.48 bits per heavy atom. The van der Waals surface area contributed by atoms with Crippen molar-refractivity contribution in [2.45, 2.75) is 50.2 Å². The van der Waals surface area contributed by atoms with E-state index in [2.05, 4.69) is 25.2 Å². The Morgan fingerprint density at radius 2 is 1.76 bits per heavy atom. The minimum absolute atomic E-state index is 0.0951. The minimum Gasteiger partial charge on any atom is -0.497 e. The summed E-state index contributed by atoms with van der Waals surface area (Å²) in [4.78, 5) is 43.0. The van der Waals surface area contributed by atoms with Crippen LogP contribution in [0.1, 0.15) is 24.5 Å². The first-order valence-corrected chi connectivity index (χ1v) is 19.8. The molecule has 1 spiro atoms. The highest BCUT2D eigenvalue weighted by Crippen LogP contribution is 2.60. The Morgan fingerprint density at radius 1 is 1.00 bits per heavy atom. The zero-order chi connectivity index (χ0) is 35.4. The highest BCUT2D eigenvalue weighted by atomic mass is 28.3. The molecule has 3 heterocycles. The number of aliphatic hydroxyl groups excluding tert-OH is 1. The van der Waals surface area contributed by atoms with Crippen molar-refractivity contribution in [1.82, 2.24) is 0 Å². The van der Waals surface area contributed by atoms with Crippen LogP contribution in [0.4, 0.5) is 22.7 Å². The van der Waals surface area contributed by atoms with Crippen LogP contribution in [0, 0.1) is 16.0 Å². The predicted molar refractivity (Wildman–Crippen MR) is 191 cm³/mol. The smallest absolute Gasteiger partial charge is 0.269 e. The normalized spacial score (nSPS) is 22.8. The summed E-state index contributed by atoms with van der Waals surface area (Å²) in [5.41, 5.74) is 1.28. The number of benzene rings is 4. The second-order valence-corrected chi connectivity index (χ2v) is 18.4. The van der Waals surface area contributed by atoms with Gasteiger partial charge in [-0.3, -0.25) is 24.6 Å². The summed E-state index contributed by atoms with van der Waals surface area (Å²) in [6.45, 7) is 6.40. The first-order chi connectivity index (χ1) is 24.0. The topological polar surface area (TPSA) is 132 Å². The molecule has 1 N–H and O–H groups in total. The number of fused-ring (bicyclic) bond motifs is 3. The lowest BCUT2D eigenvalue weighted by atomic mass is 9.82. The largest absolute Gasteiger partial charge is 0.497 e. The number of amides is 2. The SMILES string of the molecule is COc1ccc([Si](C)(C)[C@H]2[C@H](CCO)O[C@@]3(C(=O)N(Cc4cccc(N5C(=O)COc6ccccc65)c4)c4ccc([N+](=O)[O-])cc43)[C@@H]2C)cc1. The zero-order valence-corrected chi connectivity index (χ0v) is 29.4. The minimum atomic E-state index is -2.43. The molecular formula is C38H39N3O8Si. The van der Waals surface area contributed by atoms with Crippen molar-refractivity contribution in [3.8, 4) is 11.5 Å². The van der Waals surface area contributed by atoms with E-state index in [1.54, 1.807) is 23.0 Å². The van der Waals surface area contributed by atoms with E-state index in [0.29, 0.717) is 34.8 Å². The van der Waals surface area contributed by atoms with Crippen LogP contribution in [-0.4, -0.2) is 56.3 Å². The number of anilines is 3. The van der Waals surface area contributed by atoms with Gasteiger partial charge in [-0.25, -0.2) is 0 Å². The fourth-order valence-corrected chi connectivity index (χ4v) is 12.4. The number of nitro groups is 1. The quantitative estimate of drug-likeness (QED) is 0.132. The molecule has 4 atom stereocenters. The average molecular weight is 694 g/mol. The fourth-order valence-electron chi connectivity index (χ4n) is 8.33. The van der Waals surface area contributed by atoms with Crippen molar-refractivity contribution in [2.24, 2.45) is 5.92 Å². The van der Waals surface area contributed by atoms with E-state index in [4.69, 9.17) is 14.2 Å². The van der Waals surface area contributed by atoms with E-state index in [1.807, 2.05) is 67.6 Å². The van der Waals surface area contributed by atoms with Gasteiger partial charge in [-0.05, 0) is 60.0 Å². The number of nitro benzene ring substituents is 1. The van der Waals surface area contributed by atoms with E-state index in [9.17, 15) is 20.0 Å². The number of hydrogen-bond acceptors (Lipinski definition) is 8. The van der Waals surface area contributed by atoms with Gasteiger partial charge < -0.3 is 24.2 Å². The number of hydrogen-bond donors (Lipinski definition) is 1. The number of ether oxygens (including phenoxy) is 3. The fraction of sp³-hybridized carbons (Fsp3) is 0.316. The molecule has 7 rings (SSSR count). The van der Waals surface area contributed by atoms with Crippen LogP contribution in [-0.2, 0) is 26.5 Å². The van der Waals surface area contributed by atoms with Gasteiger partial charge in [0.2, 0.25) is 0 Å². The van der Waals surface area contributed by atoms with Crippen molar-refractivity contribution in [3.05, 3.63) is 112 Å². The molecule has 11 nitrogen and oxygen atoms in total. The van der Waals surface area contributed by atoms with Crippen LogP contribution in [0.15, 0.2) is 91.0 Å². The van der Waals surface area contributed by atoms with Crippen LogP contribution in [0.25, 0.3) is 0 Å². The maximum Gasteiger partial charge on any atom is 0.269 e. The molecule has 0 aliphatic carbocycles. The number of non-ortho nitro benzene ring substituents is 1. The standard InChI is InChI=1S/C38H39N3O8Si/c1-24-36(50(3,4)29-15-13-28(47-2)14-16-29)34(18-19-42)49-38(24)30-21-27(41(45)46)12-17-31(30)39(37(38)44)22-25-8-7-9-26(20-25)40-32-10-5-6-11-33(32)48-23-35(40)43/h5-17,20-21,24,34,36,42H,18-19,22-23H2,1-4H3/t24-,34+,36-,38+/m1/s1. The van der Waals surface area contributed by atoms with Crippen LogP contribution >= 0.6 is 0 Å². The summed E-state index contributed by atoms with van der Waals surface area (Å²) in [6.07, 6.45) is -0.150. The highest BCUT2D eigenvalue weighted by Gasteiger charge is 2.66. The van der Waals surface area contributed by atoms with Crippen molar-refractivity contribution in [3.63, 3.8) is 0 Å². The van der Waals surface area contributed by atoms with E-state index in [1.165, 1.54) is 12.1 Å². The van der Waals surface area contributed by atoms with Crippen molar-refractivity contribution < 1.29 is 33.8 Å². The summed E-state index contributed by atoms with van der Waals surface area (Å²) in [6, 6.07) is 27.3. The molecule has 0 bridgehead atoms. The summed E-state index contributed by atoms with van der Waals surface area (Å²) < 4.78 is 18.0. The second kappa shape index (κ2) is 12.7. The van der Waals surface area contributed by atoms with Gasteiger partial charge >= 0.3 is 0 Å². The summed E-state index contributed by atoms with van der Waals surface area (Å²) in [5.74, 6) is 0.447.